The van der Waals surface area contributed by atoms with E-state index in [2.05, 4.69) is 5.32 Å². The first-order valence-electron chi connectivity index (χ1n) is 9.44. The van der Waals surface area contributed by atoms with Gasteiger partial charge in [0.2, 0.25) is 0 Å². The lowest BCUT2D eigenvalue weighted by molar-refractivity contribution is -0.113. The van der Waals surface area contributed by atoms with Crippen molar-refractivity contribution in [3.63, 3.8) is 0 Å². The summed E-state index contributed by atoms with van der Waals surface area (Å²) in [5.41, 5.74) is 3.91. The molecule has 0 saturated heterocycles. The molecule has 1 aliphatic carbocycles. The molecule has 0 radical (unpaired) electrons. The zero-order valence-corrected chi connectivity index (χ0v) is 16.7. The van der Waals surface area contributed by atoms with Gasteiger partial charge in [0.25, 0.3) is 11.8 Å². The predicted octanol–water partition coefficient (Wildman–Crippen LogP) is 4.02. The fraction of sp³-hybridized carbons (Fsp3) is 0.182. The molecule has 0 spiro atoms. The van der Waals surface area contributed by atoms with Crippen molar-refractivity contribution in [1.82, 2.24) is 5.48 Å². The molecule has 0 bridgehead atoms. The molecule has 2 aromatic rings. The van der Waals surface area contributed by atoms with Gasteiger partial charge in [0.05, 0.1) is 17.9 Å². The van der Waals surface area contributed by atoms with Crippen LogP contribution in [0.5, 0.6) is 11.5 Å². The topological polar surface area (TPSA) is 96.9 Å². The third-order valence-corrected chi connectivity index (χ3v) is 5.09. The number of hydrogen-bond donors (Lipinski definition) is 3. The van der Waals surface area contributed by atoms with Crippen LogP contribution in [0.4, 0.5) is 5.69 Å². The second-order valence-electron chi connectivity index (χ2n) is 6.84. The van der Waals surface area contributed by atoms with Crippen LogP contribution < -0.4 is 20.3 Å². The number of hydrogen-bond acceptors (Lipinski definition) is 5. The summed E-state index contributed by atoms with van der Waals surface area (Å²) in [6.45, 7) is 0.321. The molecule has 30 heavy (non-hydrogen) atoms. The summed E-state index contributed by atoms with van der Waals surface area (Å²) in [7, 11) is 0. The summed E-state index contributed by atoms with van der Waals surface area (Å²) >= 11 is 6.28. The van der Waals surface area contributed by atoms with E-state index in [0.717, 1.165) is 12.0 Å². The van der Waals surface area contributed by atoms with Gasteiger partial charge in [-0.05, 0) is 54.8 Å². The Morgan fingerprint density at radius 3 is 2.83 bits per heavy atom. The number of rotatable bonds is 5. The fourth-order valence-electron chi connectivity index (χ4n) is 3.37. The Balaban J connectivity index is 1.49. The van der Waals surface area contributed by atoms with E-state index in [1.807, 2.05) is 12.2 Å². The summed E-state index contributed by atoms with van der Waals surface area (Å²) in [6, 6.07) is 9.83. The molecule has 1 heterocycles. The summed E-state index contributed by atoms with van der Waals surface area (Å²) in [6.07, 6.45) is 5.70. The summed E-state index contributed by atoms with van der Waals surface area (Å²) in [4.78, 5) is 24.0. The van der Waals surface area contributed by atoms with E-state index in [-0.39, 0.29) is 5.91 Å². The van der Waals surface area contributed by atoms with E-state index in [1.165, 1.54) is 0 Å². The van der Waals surface area contributed by atoms with E-state index in [0.29, 0.717) is 58.6 Å². The van der Waals surface area contributed by atoms with Gasteiger partial charge in [0, 0.05) is 23.1 Å². The molecule has 2 amide bonds. The van der Waals surface area contributed by atoms with Crippen LogP contribution in [-0.4, -0.2) is 23.6 Å². The number of benzene rings is 2. The maximum Gasteiger partial charge on any atom is 0.274 e. The molecule has 2 aromatic carbocycles. The Labute approximate surface area is 177 Å². The van der Waals surface area contributed by atoms with Crippen LogP contribution in [-0.2, 0) is 11.2 Å². The average molecular weight is 427 g/mol. The number of ether oxygens (including phenoxy) is 2. The highest BCUT2D eigenvalue weighted by molar-refractivity contribution is 6.31. The molecule has 0 fully saturated rings. The minimum absolute atomic E-state index is 0.171. The smallest absolute Gasteiger partial charge is 0.274 e. The molecular formula is C22H19ClN2O5. The largest absolute Gasteiger partial charge is 0.493 e. The second-order valence-corrected chi connectivity index (χ2v) is 7.28. The van der Waals surface area contributed by atoms with Crippen LogP contribution in [0.1, 0.15) is 28.8 Å². The van der Waals surface area contributed by atoms with Crippen molar-refractivity contribution in [3.8, 4) is 11.5 Å². The SMILES string of the molecule is O=C1Nc2c(CCOc3ccc(C(=O)NO)cc3)cc(Cl)cc2OC2=C1CCC=C2. The van der Waals surface area contributed by atoms with Crippen LogP contribution in [0.25, 0.3) is 0 Å². The van der Waals surface area contributed by atoms with Crippen molar-refractivity contribution in [2.45, 2.75) is 19.3 Å². The van der Waals surface area contributed by atoms with E-state index < -0.39 is 5.91 Å². The predicted molar refractivity (Wildman–Crippen MR) is 111 cm³/mol. The number of carbonyl (C=O) groups excluding carboxylic acids is 2. The van der Waals surface area contributed by atoms with Gasteiger partial charge < -0.3 is 14.8 Å². The lowest BCUT2D eigenvalue weighted by Gasteiger charge is -2.15. The Bertz CT molecular complexity index is 1060. The summed E-state index contributed by atoms with van der Waals surface area (Å²) in [5.74, 6) is 0.858. The first-order chi connectivity index (χ1) is 14.5. The van der Waals surface area contributed by atoms with Gasteiger partial charge >= 0.3 is 0 Å². The first-order valence-corrected chi connectivity index (χ1v) is 9.81. The third kappa shape index (κ3) is 4.17. The standard InChI is InChI=1S/C22H19ClN2O5/c23-15-11-14(9-10-29-16-7-5-13(6-8-16)21(26)25-28)20-19(12-15)30-18-4-2-1-3-17(18)22(27)24-20/h2,4-8,11-12,28H,1,3,9-10H2,(H,24,27)(H,25,26). The fourth-order valence-corrected chi connectivity index (χ4v) is 3.60. The Kier molecular flexibility index (Phi) is 5.74. The van der Waals surface area contributed by atoms with E-state index >= 15 is 0 Å². The Morgan fingerprint density at radius 1 is 1.27 bits per heavy atom. The summed E-state index contributed by atoms with van der Waals surface area (Å²) in [5, 5.41) is 12.1. The molecule has 7 nitrogen and oxygen atoms in total. The van der Waals surface area contributed by atoms with E-state index in [1.54, 1.807) is 41.9 Å². The van der Waals surface area contributed by atoms with Crippen LogP contribution >= 0.6 is 11.6 Å². The molecule has 2 aliphatic rings. The van der Waals surface area contributed by atoms with E-state index in [4.69, 9.17) is 26.3 Å². The zero-order chi connectivity index (χ0) is 21.1. The van der Waals surface area contributed by atoms with Crippen molar-refractivity contribution in [2.24, 2.45) is 0 Å². The van der Waals surface area contributed by atoms with Crippen LogP contribution in [0, 0.1) is 0 Å². The monoisotopic (exact) mass is 426 g/mol. The number of amides is 2. The molecule has 4 rings (SSSR count). The normalized spacial score (nSPS) is 14.8. The lowest BCUT2D eigenvalue weighted by Crippen LogP contribution is -2.18. The number of allylic oxidation sites excluding steroid dienone is 2. The molecule has 154 valence electrons. The van der Waals surface area contributed by atoms with Gasteiger partial charge in [-0.15, -0.1) is 0 Å². The van der Waals surface area contributed by atoms with Gasteiger partial charge in [-0.2, -0.15) is 0 Å². The van der Waals surface area contributed by atoms with Crippen molar-refractivity contribution >= 4 is 29.1 Å². The molecular weight excluding hydrogens is 408 g/mol. The Hall–Kier alpha value is -3.29. The number of carbonyl (C=O) groups is 2. The van der Waals surface area contributed by atoms with Crippen molar-refractivity contribution in [1.29, 1.82) is 0 Å². The minimum Gasteiger partial charge on any atom is -0.493 e. The van der Waals surface area contributed by atoms with E-state index in [9.17, 15) is 9.59 Å². The average Bonchev–Trinajstić information content (AvgIpc) is 2.89. The molecule has 0 unspecified atom stereocenters. The highest BCUT2D eigenvalue weighted by Crippen LogP contribution is 2.38. The molecule has 1 aliphatic heterocycles. The third-order valence-electron chi connectivity index (χ3n) is 4.87. The number of nitrogens with one attached hydrogen (secondary N) is 2. The van der Waals surface area contributed by atoms with Gasteiger partial charge in [-0.25, -0.2) is 5.48 Å². The number of fused-ring (bicyclic) bond motifs is 1. The van der Waals surface area contributed by atoms with Crippen molar-refractivity contribution in [3.05, 3.63) is 76.0 Å². The van der Waals surface area contributed by atoms with Gasteiger partial charge in [0.1, 0.15) is 11.5 Å². The van der Waals surface area contributed by atoms with Crippen LogP contribution in [0.15, 0.2) is 59.9 Å². The van der Waals surface area contributed by atoms with Crippen LogP contribution in [0.3, 0.4) is 0 Å². The molecule has 0 saturated carbocycles. The molecule has 0 atom stereocenters. The van der Waals surface area contributed by atoms with Crippen molar-refractivity contribution in [2.75, 3.05) is 11.9 Å². The first kappa shape index (κ1) is 20.0. The van der Waals surface area contributed by atoms with Gasteiger partial charge in [-0.3, -0.25) is 14.8 Å². The number of halogens is 1. The molecule has 3 N–H and O–H groups in total. The number of hydroxylamine groups is 1. The summed E-state index contributed by atoms with van der Waals surface area (Å²) < 4.78 is 11.7. The second kappa shape index (κ2) is 8.61. The maximum atomic E-state index is 12.7. The van der Waals surface area contributed by atoms with Gasteiger partial charge in [0.15, 0.2) is 5.75 Å². The van der Waals surface area contributed by atoms with Crippen LogP contribution in [0.2, 0.25) is 5.02 Å². The highest BCUT2D eigenvalue weighted by Gasteiger charge is 2.26. The minimum atomic E-state index is -0.593. The van der Waals surface area contributed by atoms with Crippen molar-refractivity contribution < 1.29 is 24.3 Å². The quantitative estimate of drug-likeness (QED) is 0.495. The lowest BCUT2D eigenvalue weighted by atomic mass is 10.0. The van der Waals surface area contributed by atoms with Gasteiger partial charge in [-0.1, -0.05) is 17.7 Å². The zero-order valence-electron chi connectivity index (χ0n) is 15.9. The number of anilines is 1. The molecule has 8 heteroatoms. The Morgan fingerprint density at radius 2 is 2.07 bits per heavy atom. The highest BCUT2D eigenvalue weighted by atomic mass is 35.5. The molecule has 0 aromatic heterocycles. The maximum absolute atomic E-state index is 12.7.